The second-order valence-electron chi connectivity index (χ2n) is 7.92. The normalized spacial score (nSPS) is 18.6. The minimum absolute atomic E-state index is 0.0220. The molecular weight excluding hydrogens is 415 g/mol. The molecule has 2 aliphatic rings. The summed E-state index contributed by atoms with van der Waals surface area (Å²) < 4.78 is 20.5. The van der Waals surface area contributed by atoms with Crippen LogP contribution in [0.25, 0.3) is 0 Å². The van der Waals surface area contributed by atoms with Crippen molar-refractivity contribution >= 4 is 23.2 Å². The van der Waals surface area contributed by atoms with E-state index >= 15 is 4.39 Å². The summed E-state index contributed by atoms with van der Waals surface area (Å²) in [4.78, 5) is 36.8. The molecule has 9 nitrogen and oxygen atoms in total. The van der Waals surface area contributed by atoms with Crippen molar-refractivity contribution in [1.82, 2.24) is 20.2 Å². The lowest BCUT2D eigenvalue weighted by atomic mass is 10.1. The number of aromatic nitrogens is 2. The van der Waals surface area contributed by atoms with Crippen LogP contribution in [0.4, 0.5) is 15.8 Å². The molecule has 0 unspecified atom stereocenters. The molecule has 2 aromatic heterocycles. The molecule has 0 radical (unpaired) electrons. The van der Waals surface area contributed by atoms with E-state index in [1.54, 1.807) is 13.1 Å². The highest BCUT2D eigenvalue weighted by atomic mass is 19.1. The van der Waals surface area contributed by atoms with E-state index in [4.69, 9.17) is 4.74 Å². The maximum atomic E-state index is 15.0. The van der Waals surface area contributed by atoms with Gasteiger partial charge >= 0.3 is 0 Å². The van der Waals surface area contributed by atoms with Gasteiger partial charge in [-0.3, -0.25) is 14.5 Å². The zero-order valence-electron chi connectivity index (χ0n) is 18.4. The molecule has 2 aliphatic heterocycles. The maximum Gasteiger partial charge on any atom is 0.269 e. The number of amides is 2. The molecular formula is C22H27FN6O3. The fourth-order valence-electron chi connectivity index (χ4n) is 4.01. The standard InChI is InChI=1S/C22H27FN6O3/c1-4-17-21(31)27-19-18(23)14(11-25-22(19)32-17)12-28-7-9-29(10-8-28)16-6-5-15(20(30)24-3)26-13(16)2/h5-6,11,17H,4,7-10,12H2,1-3H3,(H,24,30)(H,27,31)/t17-/m0/s1. The fraction of sp³-hybridized carbons (Fsp3) is 0.455. The monoisotopic (exact) mass is 442 g/mol. The molecule has 2 N–H and O–H groups in total. The molecule has 0 spiro atoms. The van der Waals surface area contributed by atoms with Crippen LogP contribution in [0.1, 0.15) is 35.1 Å². The number of rotatable bonds is 5. The van der Waals surface area contributed by atoms with E-state index in [9.17, 15) is 9.59 Å². The summed E-state index contributed by atoms with van der Waals surface area (Å²) in [6.45, 7) is 7.07. The second-order valence-corrected chi connectivity index (χ2v) is 7.92. The largest absolute Gasteiger partial charge is 0.463 e. The van der Waals surface area contributed by atoms with Crippen molar-refractivity contribution in [1.29, 1.82) is 0 Å². The third-order valence-corrected chi connectivity index (χ3v) is 5.84. The van der Waals surface area contributed by atoms with Crippen LogP contribution in [-0.2, 0) is 11.3 Å². The summed E-state index contributed by atoms with van der Waals surface area (Å²) in [5.41, 5.74) is 2.62. The smallest absolute Gasteiger partial charge is 0.269 e. The number of fused-ring (bicyclic) bond motifs is 1. The summed E-state index contributed by atoms with van der Waals surface area (Å²) in [7, 11) is 1.58. The average molecular weight is 442 g/mol. The van der Waals surface area contributed by atoms with Gasteiger partial charge in [0.2, 0.25) is 5.88 Å². The van der Waals surface area contributed by atoms with E-state index in [0.29, 0.717) is 24.2 Å². The van der Waals surface area contributed by atoms with Crippen LogP contribution >= 0.6 is 0 Å². The zero-order valence-corrected chi connectivity index (χ0v) is 18.4. The Morgan fingerprint density at radius 2 is 2.06 bits per heavy atom. The molecule has 2 amide bonds. The highest BCUT2D eigenvalue weighted by Gasteiger charge is 2.31. The zero-order chi connectivity index (χ0) is 22.8. The lowest BCUT2D eigenvalue weighted by Gasteiger charge is -2.36. The highest BCUT2D eigenvalue weighted by molar-refractivity contribution is 5.97. The number of hydrogen-bond donors (Lipinski definition) is 2. The molecule has 32 heavy (non-hydrogen) atoms. The van der Waals surface area contributed by atoms with Crippen LogP contribution in [0.3, 0.4) is 0 Å². The molecule has 0 aromatic carbocycles. The van der Waals surface area contributed by atoms with Crippen LogP contribution in [-0.4, -0.2) is 66.0 Å². The Labute approximate surface area is 186 Å². The number of nitrogens with one attached hydrogen (secondary N) is 2. The first-order valence-corrected chi connectivity index (χ1v) is 10.7. The molecule has 0 bridgehead atoms. The molecule has 0 saturated carbocycles. The fourth-order valence-corrected chi connectivity index (χ4v) is 4.01. The van der Waals surface area contributed by atoms with Gasteiger partial charge in [0, 0.05) is 51.5 Å². The minimum atomic E-state index is -0.642. The van der Waals surface area contributed by atoms with Crippen LogP contribution in [0, 0.1) is 12.7 Å². The third-order valence-electron chi connectivity index (χ3n) is 5.84. The number of aryl methyl sites for hydroxylation is 1. The van der Waals surface area contributed by atoms with E-state index in [0.717, 1.165) is 37.6 Å². The van der Waals surface area contributed by atoms with Crippen LogP contribution in [0.2, 0.25) is 0 Å². The summed E-state index contributed by atoms with van der Waals surface area (Å²) in [5, 5.41) is 5.17. The van der Waals surface area contributed by atoms with Crippen molar-refractivity contribution in [3.63, 3.8) is 0 Å². The number of piperazine rings is 1. The minimum Gasteiger partial charge on any atom is -0.463 e. The SMILES string of the molecule is CC[C@@H]1Oc2ncc(CN3CCN(c4ccc(C(=O)NC)nc4C)CC3)c(F)c2NC1=O. The Balaban J connectivity index is 1.40. The maximum absolute atomic E-state index is 15.0. The topological polar surface area (TPSA) is 99.7 Å². The van der Waals surface area contributed by atoms with Gasteiger partial charge < -0.3 is 20.3 Å². The second kappa shape index (κ2) is 9.07. The Morgan fingerprint density at radius 3 is 2.72 bits per heavy atom. The van der Waals surface area contributed by atoms with Gasteiger partial charge in [0.15, 0.2) is 11.9 Å². The number of hydrogen-bond acceptors (Lipinski definition) is 7. The molecule has 1 atom stereocenters. The predicted molar refractivity (Wildman–Crippen MR) is 117 cm³/mol. The predicted octanol–water partition coefficient (Wildman–Crippen LogP) is 1.72. The molecule has 4 rings (SSSR count). The number of carbonyl (C=O) groups is 2. The number of nitrogens with zero attached hydrogens (tertiary/aromatic N) is 4. The van der Waals surface area contributed by atoms with E-state index in [1.807, 2.05) is 19.9 Å². The molecule has 0 aliphatic carbocycles. The van der Waals surface area contributed by atoms with Crippen molar-refractivity contribution < 1.29 is 18.7 Å². The van der Waals surface area contributed by atoms with Crippen molar-refractivity contribution in [2.24, 2.45) is 0 Å². The summed E-state index contributed by atoms with van der Waals surface area (Å²) in [6, 6.07) is 3.64. The average Bonchev–Trinajstić information content (AvgIpc) is 2.81. The highest BCUT2D eigenvalue weighted by Crippen LogP contribution is 2.33. The van der Waals surface area contributed by atoms with Crippen LogP contribution in [0.5, 0.6) is 5.88 Å². The van der Waals surface area contributed by atoms with E-state index in [-0.39, 0.29) is 23.4 Å². The first kappa shape index (κ1) is 21.9. The lowest BCUT2D eigenvalue weighted by Crippen LogP contribution is -2.46. The quantitative estimate of drug-likeness (QED) is 0.727. The number of ether oxygens (including phenoxy) is 1. The van der Waals surface area contributed by atoms with E-state index < -0.39 is 11.9 Å². The summed E-state index contributed by atoms with van der Waals surface area (Å²) in [6.07, 6.45) is 1.33. The van der Waals surface area contributed by atoms with Gasteiger partial charge in [0.05, 0.1) is 11.4 Å². The van der Waals surface area contributed by atoms with Crippen LogP contribution in [0.15, 0.2) is 18.3 Å². The van der Waals surface area contributed by atoms with Gasteiger partial charge in [0.25, 0.3) is 11.8 Å². The van der Waals surface area contributed by atoms with Crippen molar-refractivity contribution in [3.05, 3.63) is 41.1 Å². The molecule has 10 heteroatoms. The van der Waals surface area contributed by atoms with Crippen molar-refractivity contribution in [2.75, 3.05) is 43.4 Å². The third kappa shape index (κ3) is 4.22. The van der Waals surface area contributed by atoms with Gasteiger partial charge in [-0.15, -0.1) is 0 Å². The Morgan fingerprint density at radius 1 is 1.31 bits per heavy atom. The first-order valence-electron chi connectivity index (χ1n) is 10.7. The lowest BCUT2D eigenvalue weighted by molar-refractivity contribution is -0.123. The van der Waals surface area contributed by atoms with E-state index in [2.05, 4.69) is 30.4 Å². The molecule has 1 fully saturated rings. The molecule has 2 aromatic rings. The Kier molecular flexibility index (Phi) is 6.22. The summed E-state index contributed by atoms with van der Waals surface area (Å²) in [5.74, 6) is -0.925. The Hall–Kier alpha value is -3.27. The van der Waals surface area contributed by atoms with Gasteiger partial charge in [-0.2, -0.15) is 0 Å². The molecule has 4 heterocycles. The van der Waals surface area contributed by atoms with Crippen LogP contribution < -0.4 is 20.3 Å². The number of anilines is 2. The van der Waals surface area contributed by atoms with Crippen molar-refractivity contribution in [3.8, 4) is 5.88 Å². The van der Waals surface area contributed by atoms with E-state index in [1.165, 1.54) is 6.20 Å². The summed E-state index contributed by atoms with van der Waals surface area (Å²) >= 11 is 0. The number of halogens is 1. The molecule has 1 saturated heterocycles. The Bertz CT molecular complexity index is 1040. The van der Waals surface area contributed by atoms with Gasteiger partial charge in [-0.05, 0) is 25.5 Å². The first-order chi connectivity index (χ1) is 15.4. The number of pyridine rings is 2. The van der Waals surface area contributed by atoms with Crippen molar-refractivity contribution in [2.45, 2.75) is 32.9 Å². The number of carbonyl (C=O) groups excluding carboxylic acids is 2. The molecule has 170 valence electrons. The van der Waals surface area contributed by atoms with Gasteiger partial charge in [-0.1, -0.05) is 6.92 Å². The van der Waals surface area contributed by atoms with Gasteiger partial charge in [-0.25, -0.2) is 14.4 Å². The van der Waals surface area contributed by atoms with Gasteiger partial charge in [0.1, 0.15) is 11.4 Å².